The fraction of sp³-hybridized carbons (Fsp3) is 0.381. The molecular weight excluding hydrogens is 344 g/mol. The van der Waals surface area contributed by atoms with Crippen LogP contribution in [0.4, 0.5) is 11.4 Å². The first-order valence-corrected chi connectivity index (χ1v) is 9.34. The summed E-state index contributed by atoms with van der Waals surface area (Å²) >= 11 is 0. The van der Waals surface area contributed by atoms with Gasteiger partial charge in [0.15, 0.2) is 0 Å². The number of nitrogens with one attached hydrogen (secondary N) is 2. The van der Waals surface area contributed by atoms with Gasteiger partial charge in [-0.1, -0.05) is 18.2 Å². The predicted molar refractivity (Wildman–Crippen MR) is 106 cm³/mol. The van der Waals surface area contributed by atoms with Crippen molar-refractivity contribution in [3.63, 3.8) is 0 Å². The third-order valence-electron chi connectivity index (χ3n) is 4.20. The van der Waals surface area contributed by atoms with E-state index in [0.717, 1.165) is 36.6 Å². The van der Waals surface area contributed by atoms with E-state index in [0.29, 0.717) is 18.9 Å². The third-order valence-corrected chi connectivity index (χ3v) is 4.20. The van der Waals surface area contributed by atoms with E-state index in [-0.39, 0.29) is 18.6 Å². The Morgan fingerprint density at radius 1 is 1.19 bits per heavy atom. The van der Waals surface area contributed by atoms with Gasteiger partial charge in [-0.05, 0) is 44.0 Å². The van der Waals surface area contributed by atoms with Crippen LogP contribution in [0.1, 0.15) is 19.8 Å². The molecule has 27 heavy (non-hydrogen) atoms. The average Bonchev–Trinajstić information content (AvgIpc) is 3.20. The summed E-state index contributed by atoms with van der Waals surface area (Å²) in [6.45, 7) is 3.99. The van der Waals surface area contributed by atoms with Crippen LogP contribution in [0.2, 0.25) is 0 Å². The lowest BCUT2D eigenvalue weighted by atomic mass is 10.2. The summed E-state index contributed by atoms with van der Waals surface area (Å²) in [6, 6.07) is 15.0. The fourth-order valence-electron chi connectivity index (χ4n) is 2.90. The Labute approximate surface area is 159 Å². The van der Waals surface area contributed by atoms with E-state index in [4.69, 9.17) is 14.2 Å². The van der Waals surface area contributed by atoms with Crippen LogP contribution in [0.15, 0.2) is 48.5 Å². The molecule has 0 radical (unpaired) electrons. The monoisotopic (exact) mass is 370 g/mol. The normalized spacial score (nSPS) is 16.0. The zero-order valence-electron chi connectivity index (χ0n) is 15.6. The molecule has 1 saturated heterocycles. The minimum absolute atomic E-state index is 0.141. The summed E-state index contributed by atoms with van der Waals surface area (Å²) in [5, 5.41) is 5.99. The van der Waals surface area contributed by atoms with E-state index >= 15 is 0 Å². The van der Waals surface area contributed by atoms with E-state index in [9.17, 15) is 4.79 Å². The molecule has 0 spiro atoms. The van der Waals surface area contributed by atoms with Crippen LogP contribution in [0.5, 0.6) is 11.5 Å². The number of benzene rings is 2. The second kappa shape index (κ2) is 9.83. The van der Waals surface area contributed by atoms with Crippen molar-refractivity contribution in [2.75, 3.05) is 37.0 Å². The predicted octanol–water partition coefficient (Wildman–Crippen LogP) is 3.69. The van der Waals surface area contributed by atoms with E-state index < -0.39 is 0 Å². The number of para-hydroxylation sites is 2. The molecule has 6 heteroatoms. The van der Waals surface area contributed by atoms with Crippen molar-refractivity contribution in [2.24, 2.45) is 0 Å². The molecule has 2 aromatic rings. The van der Waals surface area contributed by atoms with E-state index in [1.165, 1.54) is 0 Å². The fourth-order valence-corrected chi connectivity index (χ4v) is 2.90. The van der Waals surface area contributed by atoms with E-state index in [1.807, 2.05) is 55.5 Å². The van der Waals surface area contributed by atoms with Gasteiger partial charge in [-0.2, -0.15) is 0 Å². The minimum atomic E-state index is -0.141. The lowest BCUT2D eigenvalue weighted by Gasteiger charge is -2.14. The molecule has 1 aliphatic rings. The number of carbonyl (C=O) groups excluding carboxylic acids is 1. The van der Waals surface area contributed by atoms with Gasteiger partial charge in [-0.25, -0.2) is 0 Å². The second-order valence-electron chi connectivity index (χ2n) is 6.30. The molecule has 1 unspecified atom stereocenters. The number of anilines is 2. The minimum Gasteiger partial charge on any atom is -0.492 e. The molecule has 0 aromatic heterocycles. The topological polar surface area (TPSA) is 68.8 Å². The number of hydrogen-bond acceptors (Lipinski definition) is 5. The third kappa shape index (κ3) is 5.89. The van der Waals surface area contributed by atoms with Crippen LogP contribution < -0.4 is 20.1 Å². The number of rotatable bonds is 9. The van der Waals surface area contributed by atoms with Gasteiger partial charge in [0, 0.05) is 18.4 Å². The van der Waals surface area contributed by atoms with Crippen LogP contribution in [-0.4, -0.2) is 38.4 Å². The molecule has 2 N–H and O–H groups in total. The molecule has 6 nitrogen and oxygen atoms in total. The maximum atomic E-state index is 12.3. The molecule has 1 atom stereocenters. The molecular formula is C21H26N2O4. The summed E-state index contributed by atoms with van der Waals surface area (Å²) in [4.78, 5) is 12.3. The van der Waals surface area contributed by atoms with Crippen LogP contribution in [0, 0.1) is 0 Å². The van der Waals surface area contributed by atoms with Crippen molar-refractivity contribution in [3.05, 3.63) is 48.5 Å². The van der Waals surface area contributed by atoms with Gasteiger partial charge >= 0.3 is 0 Å². The van der Waals surface area contributed by atoms with Crippen LogP contribution in [0.3, 0.4) is 0 Å². The van der Waals surface area contributed by atoms with Gasteiger partial charge in [-0.3, -0.25) is 4.79 Å². The smallest absolute Gasteiger partial charge is 0.243 e. The van der Waals surface area contributed by atoms with Gasteiger partial charge < -0.3 is 24.8 Å². The van der Waals surface area contributed by atoms with Crippen molar-refractivity contribution in [3.8, 4) is 11.5 Å². The lowest BCUT2D eigenvalue weighted by molar-refractivity contribution is -0.114. The number of ether oxygens (including phenoxy) is 3. The molecule has 3 rings (SSSR count). The van der Waals surface area contributed by atoms with Gasteiger partial charge in [0.25, 0.3) is 0 Å². The summed E-state index contributed by atoms with van der Waals surface area (Å²) in [5.41, 5.74) is 1.49. The summed E-state index contributed by atoms with van der Waals surface area (Å²) in [6.07, 6.45) is 2.28. The van der Waals surface area contributed by atoms with Crippen molar-refractivity contribution in [1.82, 2.24) is 0 Å². The zero-order valence-corrected chi connectivity index (χ0v) is 15.6. The highest BCUT2D eigenvalue weighted by Crippen LogP contribution is 2.23. The van der Waals surface area contributed by atoms with Gasteiger partial charge in [-0.15, -0.1) is 0 Å². The highest BCUT2D eigenvalue weighted by Gasteiger charge is 2.16. The standard InChI is InChI=1S/C21H26N2O4/c1-2-25-20-11-4-3-10-19(20)22-14-21(24)23-16-7-5-8-17(13-16)27-15-18-9-6-12-26-18/h3-5,7-8,10-11,13,18,22H,2,6,9,12,14-15H2,1H3,(H,23,24). The Kier molecular flexibility index (Phi) is 6.93. The highest BCUT2D eigenvalue weighted by atomic mass is 16.5. The molecule has 1 amide bonds. The van der Waals surface area contributed by atoms with E-state index in [1.54, 1.807) is 0 Å². The second-order valence-corrected chi connectivity index (χ2v) is 6.30. The van der Waals surface area contributed by atoms with Gasteiger partial charge in [0.1, 0.15) is 18.1 Å². The first kappa shape index (κ1) is 19.0. The molecule has 1 heterocycles. The quantitative estimate of drug-likeness (QED) is 0.704. The molecule has 1 aliphatic heterocycles. The largest absolute Gasteiger partial charge is 0.492 e. The van der Waals surface area contributed by atoms with Crippen molar-refractivity contribution < 1.29 is 19.0 Å². The van der Waals surface area contributed by atoms with Crippen molar-refractivity contribution >= 4 is 17.3 Å². The SMILES string of the molecule is CCOc1ccccc1NCC(=O)Nc1cccc(OCC2CCCO2)c1. The Morgan fingerprint density at radius 3 is 2.89 bits per heavy atom. The van der Waals surface area contributed by atoms with Gasteiger partial charge in [0.05, 0.1) is 24.9 Å². The van der Waals surface area contributed by atoms with E-state index in [2.05, 4.69) is 10.6 Å². The molecule has 0 bridgehead atoms. The Morgan fingerprint density at radius 2 is 2.07 bits per heavy atom. The van der Waals surface area contributed by atoms with Gasteiger partial charge in [0.2, 0.25) is 5.91 Å². The van der Waals surface area contributed by atoms with Crippen LogP contribution >= 0.6 is 0 Å². The lowest BCUT2D eigenvalue weighted by Crippen LogP contribution is -2.22. The van der Waals surface area contributed by atoms with Crippen molar-refractivity contribution in [1.29, 1.82) is 0 Å². The number of hydrogen-bond donors (Lipinski definition) is 2. The molecule has 0 aliphatic carbocycles. The molecule has 144 valence electrons. The van der Waals surface area contributed by atoms with Crippen LogP contribution in [-0.2, 0) is 9.53 Å². The number of amides is 1. The molecule has 1 fully saturated rings. The summed E-state index contributed by atoms with van der Waals surface area (Å²) in [7, 11) is 0. The average molecular weight is 370 g/mol. The van der Waals surface area contributed by atoms with Crippen molar-refractivity contribution in [2.45, 2.75) is 25.9 Å². The molecule has 0 saturated carbocycles. The summed E-state index contributed by atoms with van der Waals surface area (Å²) < 4.78 is 16.9. The Hall–Kier alpha value is -2.73. The highest BCUT2D eigenvalue weighted by molar-refractivity contribution is 5.94. The first-order chi connectivity index (χ1) is 13.2. The number of carbonyl (C=O) groups is 1. The summed E-state index contributed by atoms with van der Waals surface area (Å²) in [5.74, 6) is 1.31. The molecule has 2 aromatic carbocycles. The Balaban J connectivity index is 1.49. The van der Waals surface area contributed by atoms with Crippen LogP contribution in [0.25, 0.3) is 0 Å². The first-order valence-electron chi connectivity index (χ1n) is 9.34. The maximum absolute atomic E-state index is 12.3. The zero-order chi connectivity index (χ0) is 18.9. The maximum Gasteiger partial charge on any atom is 0.243 e. The Bertz CT molecular complexity index is 744.